The maximum absolute atomic E-state index is 13.2. The van der Waals surface area contributed by atoms with Gasteiger partial charge in [0.05, 0.1) is 10.6 Å². The molecule has 28 heavy (non-hydrogen) atoms. The van der Waals surface area contributed by atoms with Crippen LogP contribution in [-0.2, 0) is 6.18 Å². The topological polar surface area (TPSA) is 18.5 Å². The maximum atomic E-state index is 13.2. The van der Waals surface area contributed by atoms with Gasteiger partial charge < -0.3 is 9.05 Å². The Morgan fingerprint density at radius 2 is 1.39 bits per heavy atom. The molecule has 0 aromatic heterocycles. The zero-order valence-corrected chi connectivity index (χ0v) is 16.2. The molecule has 0 fully saturated rings. The molecule has 3 aromatic carbocycles. The number of rotatable bonds is 6. The minimum absolute atomic E-state index is 0.0121. The molecule has 144 valence electrons. The van der Waals surface area contributed by atoms with E-state index in [-0.39, 0.29) is 19.6 Å². The van der Waals surface area contributed by atoms with Crippen LogP contribution in [0, 0.1) is 0 Å². The van der Waals surface area contributed by atoms with Crippen molar-refractivity contribution in [3.05, 3.63) is 94.5 Å². The van der Waals surface area contributed by atoms with Gasteiger partial charge in [-0.15, -0.1) is 0 Å². The Morgan fingerprint density at radius 3 is 2.04 bits per heavy atom. The highest BCUT2D eigenvalue weighted by Gasteiger charge is 2.35. The third kappa shape index (κ3) is 5.51. The minimum atomic E-state index is -4.52. The van der Waals surface area contributed by atoms with E-state index in [9.17, 15) is 13.2 Å². The molecule has 1 atom stereocenters. The number of para-hydroxylation sites is 1. The molecule has 3 aromatic rings. The molecule has 0 spiro atoms. The Kier molecular flexibility index (Phi) is 6.61. The first-order chi connectivity index (χ1) is 13.4. The Labute approximate surface area is 167 Å². The molecule has 0 saturated carbocycles. The summed E-state index contributed by atoms with van der Waals surface area (Å²) in [5.41, 5.74) is -0.0991. The highest BCUT2D eigenvalue weighted by atomic mass is 35.5. The van der Waals surface area contributed by atoms with Gasteiger partial charge in [-0.2, -0.15) is 13.2 Å². The van der Waals surface area contributed by atoms with Crippen LogP contribution in [0.5, 0.6) is 11.5 Å². The second-order valence-electron chi connectivity index (χ2n) is 5.70. The SMILES string of the molecule is FC(F)(F)c1c(Cl)cccc1/C=C/c1ccc(OPOc2ccccc2)cc1. The van der Waals surface area contributed by atoms with Gasteiger partial charge in [-0.1, -0.05) is 66.2 Å². The molecule has 0 heterocycles. The molecule has 2 nitrogen and oxygen atoms in total. The van der Waals surface area contributed by atoms with Crippen molar-refractivity contribution in [2.24, 2.45) is 0 Å². The Morgan fingerprint density at radius 1 is 0.750 bits per heavy atom. The first kappa shape index (κ1) is 20.2. The van der Waals surface area contributed by atoms with Gasteiger partial charge >= 0.3 is 6.18 Å². The summed E-state index contributed by atoms with van der Waals surface area (Å²) in [6.45, 7) is 0. The lowest BCUT2D eigenvalue weighted by molar-refractivity contribution is -0.137. The predicted octanol–water partition coefficient (Wildman–Crippen LogP) is 7.50. The van der Waals surface area contributed by atoms with Gasteiger partial charge in [0.25, 0.3) is 9.03 Å². The summed E-state index contributed by atoms with van der Waals surface area (Å²) in [6.07, 6.45) is -1.53. The first-order valence-corrected chi connectivity index (χ1v) is 9.40. The van der Waals surface area contributed by atoms with E-state index in [0.717, 1.165) is 5.56 Å². The Balaban J connectivity index is 1.64. The standard InChI is InChI=1S/C21H15ClF3O2P/c22-19-8-4-5-16(20(19)21(23,24)25)12-9-15-10-13-18(14-11-15)27-28-26-17-6-2-1-3-7-17/h1-14,28H/b12-9+. The largest absolute Gasteiger partial charge is 0.441 e. The third-order valence-corrected chi connectivity index (χ3v) is 4.68. The predicted molar refractivity (Wildman–Crippen MR) is 108 cm³/mol. The first-order valence-electron chi connectivity index (χ1n) is 8.21. The molecule has 0 bridgehead atoms. The molecule has 0 aliphatic heterocycles. The lowest BCUT2D eigenvalue weighted by atomic mass is 10.1. The van der Waals surface area contributed by atoms with Gasteiger partial charge in [-0.05, 0) is 41.5 Å². The number of benzene rings is 3. The molecular formula is C21H15ClF3O2P. The van der Waals surface area contributed by atoms with E-state index in [4.69, 9.17) is 20.6 Å². The van der Waals surface area contributed by atoms with Gasteiger partial charge in [0, 0.05) is 0 Å². The van der Waals surface area contributed by atoms with E-state index >= 15 is 0 Å². The number of hydrogen-bond donors (Lipinski definition) is 0. The van der Waals surface area contributed by atoms with Crippen molar-refractivity contribution in [2.45, 2.75) is 6.18 Å². The molecule has 0 aliphatic carbocycles. The van der Waals surface area contributed by atoms with Crippen molar-refractivity contribution in [3.63, 3.8) is 0 Å². The molecule has 3 rings (SSSR count). The van der Waals surface area contributed by atoms with Crippen LogP contribution in [0.2, 0.25) is 5.02 Å². The highest BCUT2D eigenvalue weighted by Crippen LogP contribution is 2.37. The lowest BCUT2D eigenvalue weighted by Crippen LogP contribution is -2.08. The maximum Gasteiger partial charge on any atom is 0.418 e. The summed E-state index contributed by atoms with van der Waals surface area (Å²) in [7, 11) is -0.205. The van der Waals surface area contributed by atoms with Crippen LogP contribution in [0.1, 0.15) is 16.7 Å². The fraction of sp³-hybridized carbons (Fsp3) is 0.0476. The van der Waals surface area contributed by atoms with Crippen LogP contribution in [-0.4, -0.2) is 0 Å². The lowest BCUT2D eigenvalue weighted by Gasteiger charge is -2.12. The van der Waals surface area contributed by atoms with E-state index in [1.807, 2.05) is 30.3 Å². The van der Waals surface area contributed by atoms with E-state index in [1.165, 1.54) is 24.3 Å². The summed E-state index contributed by atoms with van der Waals surface area (Å²) in [4.78, 5) is 0. The zero-order chi connectivity index (χ0) is 20.0. The van der Waals surface area contributed by atoms with Gasteiger partial charge in [-0.25, -0.2) is 0 Å². The van der Waals surface area contributed by atoms with Crippen molar-refractivity contribution in [2.75, 3.05) is 0 Å². The van der Waals surface area contributed by atoms with E-state index in [0.29, 0.717) is 11.5 Å². The average Bonchev–Trinajstić information content (AvgIpc) is 2.67. The van der Waals surface area contributed by atoms with Gasteiger partial charge in [-0.3, -0.25) is 0 Å². The van der Waals surface area contributed by atoms with E-state index < -0.39 is 11.7 Å². The van der Waals surface area contributed by atoms with Crippen LogP contribution in [0.25, 0.3) is 12.2 Å². The molecule has 0 N–H and O–H groups in total. The number of hydrogen-bond acceptors (Lipinski definition) is 2. The molecule has 0 radical (unpaired) electrons. The normalized spacial score (nSPS) is 12.0. The molecular weight excluding hydrogens is 408 g/mol. The summed E-state index contributed by atoms with van der Waals surface area (Å²) in [6, 6.07) is 20.3. The summed E-state index contributed by atoms with van der Waals surface area (Å²) in [5.74, 6) is 1.31. The van der Waals surface area contributed by atoms with Crippen LogP contribution in [0.4, 0.5) is 13.2 Å². The highest BCUT2D eigenvalue weighted by molar-refractivity contribution is 7.27. The summed E-state index contributed by atoms with van der Waals surface area (Å²) >= 11 is 5.73. The molecule has 7 heteroatoms. The average molecular weight is 423 g/mol. The molecule has 0 amide bonds. The van der Waals surface area contributed by atoms with E-state index in [1.54, 1.807) is 30.3 Å². The Bertz CT molecular complexity index is 942. The molecule has 0 aliphatic rings. The molecule has 0 saturated heterocycles. The third-order valence-electron chi connectivity index (χ3n) is 3.73. The van der Waals surface area contributed by atoms with Crippen LogP contribution in [0.3, 0.4) is 0 Å². The molecule has 1 unspecified atom stereocenters. The fourth-order valence-corrected chi connectivity index (χ4v) is 3.21. The van der Waals surface area contributed by atoms with Crippen LogP contribution in [0.15, 0.2) is 72.8 Å². The number of alkyl halides is 3. The summed E-state index contributed by atoms with van der Waals surface area (Å²) in [5, 5.41) is -0.321. The van der Waals surface area contributed by atoms with Gasteiger partial charge in [0.15, 0.2) is 0 Å². The van der Waals surface area contributed by atoms with E-state index in [2.05, 4.69) is 0 Å². The monoisotopic (exact) mass is 422 g/mol. The second kappa shape index (κ2) is 9.13. The second-order valence-corrected chi connectivity index (χ2v) is 6.69. The zero-order valence-electron chi connectivity index (χ0n) is 14.4. The van der Waals surface area contributed by atoms with Crippen molar-refractivity contribution >= 4 is 32.8 Å². The smallest absolute Gasteiger partial charge is 0.418 e. The van der Waals surface area contributed by atoms with Crippen molar-refractivity contribution in [1.29, 1.82) is 0 Å². The number of halogens is 4. The van der Waals surface area contributed by atoms with Crippen molar-refractivity contribution < 1.29 is 22.2 Å². The van der Waals surface area contributed by atoms with Crippen LogP contribution >= 0.6 is 20.6 Å². The van der Waals surface area contributed by atoms with Gasteiger partial charge in [0.1, 0.15) is 11.5 Å². The summed E-state index contributed by atoms with van der Waals surface area (Å²) < 4.78 is 50.5. The Hall–Kier alpha value is -2.49. The van der Waals surface area contributed by atoms with Crippen molar-refractivity contribution in [1.82, 2.24) is 0 Å². The van der Waals surface area contributed by atoms with Crippen LogP contribution < -0.4 is 9.05 Å². The van der Waals surface area contributed by atoms with Crippen molar-refractivity contribution in [3.8, 4) is 11.5 Å². The van der Waals surface area contributed by atoms with Gasteiger partial charge in [0.2, 0.25) is 0 Å². The quantitative estimate of drug-likeness (QED) is 0.302. The fourth-order valence-electron chi connectivity index (χ4n) is 2.42. The minimum Gasteiger partial charge on any atom is -0.441 e.